The summed E-state index contributed by atoms with van der Waals surface area (Å²) in [6.45, 7) is 2.73. The summed E-state index contributed by atoms with van der Waals surface area (Å²) in [5, 5.41) is 10.3. The zero-order chi connectivity index (χ0) is 23.6. The second-order valence-electron chi connectivity index (χ2n) is 7.54. The average Bonchev–Trinajstić information content (AvgIpc) is 3.46. The molecule has 1 aliphatic heterocycles. The van der Waals surface area contributed by atoms with Crippen LogP contribution in [-0.4, -0.2) is 51.8 Å². The Kier molecular flexibility index (Phi) is 6.68. The molecule has 4 rings (SSSR count). The van der Waals surface area contributed by atoms with Crippen molar-refractivity contribution in [1.29, 1.82) is 0 Å². The van der Waals surface area contributed by atoms with Gasteiger partial charge in [0.25, 0.3) is 0 Å². The lowest BCUT2D eigenvalue weighted by atomic mass is 10.2. The number of rotatable bonds is 7. The summed E-state index contributed by atoms with van der Waals surface area (Å²) in [5.41, 5.74) is 0.675. The summed E-state index contributed by atoms with van der Waals surface area (Å²) in [7, 11) is -3.51. The van der Waals surface area contributed by atoms with Crippen molar-refractivity contribution < 1.29 is 17.6 Å². The van der Waals surface area contributed by atoms with E-state index >= 15 is 0 Å². The summed E-state index contributed by atoms with van der Waals surface area (Å²) >= 11 is 1.07. The maximum absolute atomic E-state index is 14.0. The van der Waals surface area contributed by atoms with E-state index in [0.29, 0.717) is 18.8 Å². The molecule has 0 bridgehead atoms. The highest BCUT2D eigenvalue weighted by Crippen LogP contribution is 2.27. The van der Waals surface area contributed by atoms with E-state index in [-0.39, 0.29) is 27.3 Å². The molecular weight excluding hydrogens is 467 g/mol. The largest absolute Gasteiger partial charge is 0.335 e. The number of hydrogen-bond donors (Lipinski definition) is 2. The third-order valence-corrected chi connectivity index (χ3v) is 8.23. The van der Waals surface area contributed by atoms with Crippen LogP contribution in [0.1, 0.15) is 19.8 Å². The van der Waals surface area contributed by atoms with E-state index in [0.717, 1.165) is 29.3 Å². The second-order valence-corrected chi connectivity index (χ2v) is 10.8. The summed E-state index contributed by atoms with van der Waals surface area (Å²) in [5.74, 6) is 5.37. The highest BCUT2D eigenvalue weighted by molar-refractivity contribution is 8.00. The smallest absolute Gasteiger partial charge is 0.243 e. The van der Waals surface area contributed by atoms with Crippen molar-refractivity contribution in [2.75, 3.05) is 24.2 Å². The molecular formula is C21H23FN6O3S2. The number of aromatic nitrogens is 3. The Balaban J connectivity index is 1.41. The molecule has 1 saturated heterocycles. The van der Waals surface area contributed by atoms with Crippen molar-refractivity contribution >= 4 is 33.4 Å². The molecule has 12 heteroatoms. The van der Waals surface area contributed by atoms with Crippen molar-refractivity contribution in [3.8, 4) is 11.4 Å². The number of thioether (sulfide) groups is 1. The van der Waals surface area contributed by atoms with Crippen molar-refractivity contribution in [3.05, 3.63) is 54.3 Å². The molecule has 2 heterocycles. The molecule has 0 radical (unpaired) electrons. The van der Waals surface area contributed by atoms with Gasteiger partial charge < -0.3 is 11.2 Å². The molecule has 0 spiro atoms. The molecule has 0 saturated carbocycles. The van der Waals surface area contributed by atoms with E-state index in [1.165, 1.54) is 22.5 Å². The number of carbonyl (C=O) groups excluding carboxylic acids is 1. The van der Waals surface area contributed by atoms with Crippen LogP contribution in [0.4, 0.5) is 10.1 Å². The number of benzene rings is 2. The first-order valence-electron chi connectivity index (χ1n) is 10.3. The number of nitrogens with two attached hydrogens (primary N) is 1. The van der Waals surface area contributed by atoms with Gasteiger partial charge in [0.05, 0.1) is 15.7 Å². The van der Waals surface area contributed by atoms with Gasteiger partial charge in [-0.2, -0.15) is 4.31 Å². The Hall–Kier alpha value is -2.96. The Morgan fingerprint density at radius 2 is 1.79 bits per heavy atom. The average molecular weight is 491 g/mol. The van der Waals surface area contributed by atoms with Crippen molar-refractivity contribution in [3.63, 3.8) is 0 Å². The molecule has 174 valence electrons. The number of anilines is 1. The molecule has 0 aliphatic carbocycles. The molecule has 9 nitrogen and oxygen atoms in total. The Morgan fingerprint density at radius 1 is 1.12 bits per heavy atom. The molecule has 33 heavy (non-hydrogen) atoms. The lowest BCUT2D eigenvalue weighted by molar-refractivity contribution is -0.115. The quantitative estimate of drug-likeness (QED) is 0.386. The first-order valence-corrected chi connectivity index (χ1v) is 12.6. The molecule has 3 aromatic rings. The van der Waals surface area contributed by atoms with Crippen LogP contribution in [0.2, 0.25) is 0 Å². The monoisotopic (exact) mass is 490 g/mol. The minimum Gasteiger partial charge on any atom is -0.335 e. The number of carbonyl (C=O) groups is 1. The number of nitrogen functional groups attached to an aromatic ring is 1. The van der Waals surface area contributed by atoms with Gasteiger partial charge in [-0.05, 0) is 56.2 Å². The Morgan fingerprint density at radius 3 is 2.45 bits per heavy atom. The van der Waals surface area contributed by atoms with Gasteiger partial charge in [0.15, 0.2) is 5.82 Å². The molecule has 1 aliphatic rings. The van der Waals surface area contributed by atoms with Gasteiger partial charge in [0.2, 0.25) is 21.1 Å². The van der Waals surface area contributed by atoms with Gasteiger partial charge in [-0.25, -0.2) is 17.5 Å². The molecule has 1 amide bonds. The summed E-state index contributed by atoms with van der Waals surface area (Å²) < 4.78 is 41.9. The molecule has 3 N–H and O–H groups in total. The first-order chi connectivity index (χ1) is 15.8. The van der Waals surface area contributed by atoms with Gasteiger partial charge in [0, 0.05) is 18.8 Å². The van der Waals surface area contributed by atoms with Crippen LogP contribution in [0.25, 0.3) is 11.4 Å². The normalized spacial score (nSPS) is 15.5. The Bertz CT molecular complexity index is 1260. The fraction of sp³-hybridized carbons (Fsp3) is 0.286. The first kappa shape index (κ1) is 23.2. The minimum atomic E-state index is -3.51. The topological polar surface area (TPSA) is 123 Å². The number of amides is 1. The van der Waals surface area contributed by atoms with Crippen LogP contribution in [0.15, 0.2) is 58.6 Å². The minimum absolute atomic E-state index is 0.151. The molecule has 2 aromatic carbocycles. The van der Waals surface area contributed by atoms with Gasteiger partial charge in [-0.15, -0.1) is 10.2 Å². The van der Waals surface area contributed by atoms with E-state index in [4.69, 9.17) is 5.84 Å². The fourth-order valence-electron chi connectivity index (χ4n) is 3.43. The summed E-state index contributed by atoms with van der Waals surface area (Å²) in [6, 6.07) is 12.1. The lowest BCUT2D eigenvalue weighted by Crippen LogP contribution is -2.28. The van der Waals surface area contributed by atoms with Gasteiger partial charge >= 0.3 is 0 Å². The van der Waals surface area contributed by atoms with Crippen molar-refractivity contribution in [2.24, 2.45) is 0 Å². The summed E-state index contributed by atoms with van der Waals surface area (Å²) in [4.78, 5) is 12.8. The maximum Gasteiger partial charge on any atom is 0.243 e. The highest BCUT2D eigenvalue weighted by atomic mass is 32.2. The molecule has 1 aromatic heterocycles. The molecule has 1 atom stereocenters. The van der Waals surface area contributed by atoms with Crippen molar-refractivity contribution in [2.45, 2.75) is 35.1 Å². The SMILES string of the molecule is CC(Sc1nnc(-c2ccccc2F)n1N)C(=O)Nc1ccc(S(=O)(=O)N2CCCC2)cc1. The van der Waals surface area contributed by atoms with Gasteiger partial charge in [0.1, 0.15) is 5.82 Å². The Labute approximate surface area is 195 Å². The summed E-state index contributed by atoms with van der Waals surface area (Å²) in [6.07, 6.45) is 1.72. The predicted molar refractivity (Wildman–Crippen MR) is 124 cm³/mol. The number of nitrogens with zero attached hydrogens (tertiary/aromatic N) is 4. The predicted octanol–water partition coefficient (Wildman–Crippen LogP) is 2.70. The molecule has 1 fully saturated rings. The van der Waals surface area contributed by atoms with Gasteiger partial charge in [-0.1, -0.05) is 23.9 Å². The number of hydrogen-bond acceptors (Lipinski definition) is 7. The van der Waals surface area contributed by atoms with Crippen LogP contribution in [0.5, 0.6) is 0 Å². The fourth-order valence-corrected chi connectivity index (χ4v) is 5.71. The van der Waals surface area contributed by atoms with Crippen LogP contribution in [0, 0.1) is 5.82 Å². The van der Waals surface area contributed by atoms with Crippen LogP contribution >= 0.6 is 11.8 Å². The van der Waals surface area contributed by atoms with Crippen LogP contribution in [0.3, 0.4) is 0 Å². The van der Waals surface area contributed by atoms with Crippen molar-refractivity contribution in [1.82, 2.24) is 19.2 Å². The lowest BCUT2D eigenvalue weighted by Gasteiger charge is -2.16. The van der Waals surface area contributed by atoms with E-state index in [1.807, 2.05) is 0 Å². The van der Waals surface area contributed by atoms with E-state index in [1.54, 1.807) is 37.3 Å². The third-order valence-electron chi connectivity index (χ3n) is 5.26. The van der Waals surface area contributed by atoms with E-state index < -0.39 is 21.1 Å². The zero-order valence-corrected chi connectivity index (χ0v) is 19.4. The number of nitrogens with one attached hydrogen (secondary N) is 1. The van der Waals surface area contributed by atoms with E-state index in [2.05, 4.69) is 15.5 Å². The molecule has 1 unspecified atom stereocenters. The maximum atomic E-state index is 14.0. The number of sulfonamides is 1. The van der Waals surface area contributed by atoms with Gasteiger partial charge in [-0.3, -0.25) is 4.79 Å². The van der Waals surface area contributed by atoms with E-state index in [9.17, 15) is 17.6 Å². The zero-order valence-electron chi connectivity index (χ0n) is 17.8. The third kappa shape index (κ3) is 4.87. The second kappa shape index (κ2) is 9.49. The highest BCUT2D eigenvalue weighted by Gasteiger charge is 2.27. The standard InChI is InChI=1S/C21H23FN6O3S2/c1-14(32-21-26-25-19(28(21)23)17-6-2-3-7-18(17)22)20(29)24-15-8-10-16(11-9-15)33(30,31)27-12-4-5-13-27/h2-3,6-11,14H,4-5,12-13,23H2,1H3,(H,24,29). The van der Waals surface area contributed by atoms with Crippen LogP contribution in [-0.2, 0) is 14.8 Å². The van der Waals surface area contributed by atoms with Crippen LogP contribution < -0.4 is 11.2 Å². The number of halogens is 1.